The highest BCUT2D eigenvalue weighted by Crippen LogP contribution is 2.21. The van der Waals surface area contributed by atoms with Crippen LogP contribution in [0.25, 0.3) is 0 Å². The topological polar surface area (TPSA) is 80.0 Å². The molecule has 110 valence electrons. The molecule has 1 saturated heterocycles. The molecule has 2 heterocycles. The average molecular weight is 284 g/mol. The SMILES string of the molecule is CC1CN(Cc2ccccc2)CC1Nc1ncnc(N)n1. The standard InChI is InChI=1S/C15H20N6/c1-11-7-21(8-12-5-3-2-4-6-12)9-13(11)19-15-18-10-17-14(16)20-15/h2-6,10-11,13H,7-9H2,1H3,(H3,16,17,18,19,20). The van der Waals surface area contributed by atoms with Crippen LogP contribution in [0.1, 0.15) is 12.5 Å². The van der Waals surface area contributed by atoms with Crippen LogP contribution in [0.4, 0.5) is 11.9 Å². The molecule has 6 heteroatoms. The lowest BCUT2D eigenvalue weighted by atomic mass is 10.1. The fourth-order valence-electron chi connectivity index (χ4n) is 2.77. The van der Waals surface area contributed by atoms with E-state index in [4.69, 9.17) is 5.73 Å². The van der Waals surface area contributed by atoms with Crippen molar-refractivity contribution in [2.75, 3.05) is 24.1 Å². The molecule has 3 rings (SSSR count). The van der Waals surface area contributed by atoms with Gasteiger partial charge in [-0.2, -0.15) is 4.98 Å². The quantitative estimate of drug-likeness (QED) is 0.883. The molecule has 21 heavy (non-hydrogen) atoms. The molecular formula is C15H20N6. The van der Waals surface area contributed by atoms with E-state index in [1.54, 1.807) is 0 Å². The smallest absolute Gasteiger partial charge is 0.227 e. The number of benzene rings is 1. The number of nitrogens with two attached hydrogens (primary N) is 1. The van der Waals surface area contributed by atoms with Gasteiger partial charge in [0, 0.05) is 25.7 Å². The molecule has 0 aliphatic carbocycles. The molecule has 1 aliphatic rings. The zero-order valence-corrected chi connectivity index (χ0v) is 12.1. The Morgan fingerprint density at radius 3 is 2.81 bits per heavy atom. The van der Waals surface area contributed by atoms with Gasteiger partial charge in [0.15, 0.2) is 0 Å². The molecular weight excluding hydrogens is 264 g/mol. The van der Waals surface area contributed by atoms with Crippen LogP contribution in [0.5, 0.6) is 0 Å². The molecule has 0 amide bonds. The average Bonchev–Trinajstić information content (AvgIpc) is 2.80. The number of likely N-dealkylation sites (tertiary alicyclic amines) is 1. The second-order valence-corrected chi connectivity index (χ2v) is 5.58. The first-order valence-corrected chi connectivity index (χ1v) is 7.18. The van der Waals surface area contributed by atoms with Crippen LogP contribution in [0, 0.1) is 5.92 Å². The molecule has 0 saturated carbocycles. The van der Waals surface area contributed by atoms with Crippen molar-refractivity contribution in [3.8, 4) is 0 Å². The van der Waals surface area contributed by atoms with Crippen molar-refractivity contribution in [2.45, 2.75) is 19.5 Å². The molecule has 0 radical (unpaired) electrons. The molecule has 2 unspecified atom stereocenters. The van der Waals surface area contributed by atoms with Gasteiger partial charge in [-0.3, -0.25) is 4.90 Å². The minimum atomic E-state index is 0.249. The Hall–Kier alpha value is -2.21. The predicted octanol–water partition coefficient (Wildman–Crippen LogP) is 1.39. The van der Waals surface area contributed by atoms with Crippen molar-refractivity contribution in [1.29, 1.82) is 0 Å². The Morgan fingerprint density at radius 2 is 2.05 bits per heavy atom. The highest BCUT2D eigenvalue weighted by molar-refractivity contribution is 5.31. The van der Waals surface area contributed by atoms with Gasteiger partial charge in [0.1, 0.15) is 6.33 Å². The van der Waals surface area contributed by atoms with Crippen LogP contribution in [-0.2, 0) is 6.54 Å². The number of hydrogen-bond donors (Lipinski definition) is 2. The van der Waals surface area contributed by atoms with Crippen LogP contribution >= 0.6 is 0 Å². The maximum Gasteiger partial charge on any atom is 0.227 e. The first-order valence-electron chi connectivity index (χ1n) is 7.18. The van der Waals surface area contributed by atoms with Crippen LogP contribution in [0.2, 0.25) is 0 Å². The maximum atomic E-state index is 5.58. The molecule has 1 aromatic carbocycles. The van der Waals surface area contributed by atoms with E-state index in [9.17, 15) is 0 Å². The first kappa shape index (κ1) is 13.8. The molecule has 6 nitrogen and oxygen atoms in total. The Labute approximate surface area is 124 Å². The predicted molar refractivity (Wildman–Crippen MR) is 82.5 cm³/mol. The van der Waals surface area contributed by atoms with Gasteiger partial charge in [0.05, 0.1) is 0 Å². The van der Waals surface area contributed by atoms with E-state index in [1.165, 1.54) is 11.9 Å². The van der Waals surface area contributed by atoms with Gasteiger partial charge in [-0.25, -0.2) is 9.97 Å². The Bertz CT molecular complexity index is 588. The van der Waals surface area contributed by atoms with Crippen LogP contribution in [0.3, 0.4) is 0 Å². The summed E-state index contributed by atoms with van der Waals surface area (Å²) in [5.74, 6) is 1.34. The number of aromatic nitrogens is 3. The second kappa shape index (κ2) is 6.05. The van der Waals surface area contributed by atoms with Crippen molar-refractivity contribution in [1.82, 2.24) is 19.9 Å². The molecule has 1 fully saturated rings. The first-order chi connectivity index (χ1) is 10.2. The van der Waals surface area contributed by atoms with E-state index in [1.807, 2.05) is 6.07 Å². The zero-order chi connectivity index (χ0) is 14.7. The summed E-state index contributed by atoms with van der Waals surface area (Å²) >= 11 is 0. The van der Waals surface area contributed by atoms with E-state index in [-0.39, 0.29) is 5.95 Å². The number of hydrogen-bond acceptors (Lipinski definition) is 6. The van der Waals surface area contributed by atoms with E-state index in [2.05, 4.69) is 56.4 Å². The minimum absolute atomic E-state index is 0.249. The van der Waals surface area contributed by atoms with Gasteiger partial charge >= 0.3 is 0 Å². The van der Waals surface area contributed by atoms with Crippen LogP contribution < -0.4 is 11.1 Å². The summed E-state index contributed by atoms with van der Waals surface area (Å²) in [6.45, 7) is 5.25. The maximum absolute atomic E-state index is 5.58. The summed E-state index contributed by atoms with van der Waals surface area (Å²) in [5, 5.41) is 3.36. The van der Waals surface area contributed by atoms with Crippen molar-refractivity contribution in [3.63, 3.8) is 0 Å². The van der Waals surface area contributed by atoms with Gasteiger partial charge in [0.2, 0.25) is 11.9 Å². The van der Waals surface area contributed by atoms with E-state index in [0.29, 0.717) is 17.9 Å². The summed E-state index contributed by atoms with van der Waals surface area (Å²) < 4.78 is 0. The highest BCUT2D eigenvalue weighted by Gasteiger charge is 2.29. The second-order valence-electron chi connectivity index (χ2n) is 5.58. The highest BCUT2D eigenvalue weighted by atomic mass is 15.2. The fraction of sp³-hybridized carbons (Fsp3) is 0.400. The number of nitrogens with one attached hydrogen (secondary N) is 1. The summed E-state index contributed by atoms with van der Waals surface area (Å²) in [4.78, 5) is 14.5. The third-order valence-electron chi connectivity index (χ3n) is 3.84. The summed E-state index contributed by atoms with van der Waals surface area (Å²) in [7, 11) is 0. The van der Waals surface area contributed by atoms with Crippen molar-refractivity contribution < 1.29 is 0 Å². The molecule has 2 atom stereocenters. The van der Waals surface area contributed by atoms with E-state index in [0.717, 1.165) is 19.6 Å². The van der Waals surface area contributed by atoms with Crippen LogP contribution in [0.15, 0.2) is 36.7 Å². The summed E-state index contributed by atoms with van der Waals surface area (Å²) in [6, 6.07) is 10.9. The number of nitrogens with zero attached hydrogens (tertiary/aromatic N) is 4. The Balaban J connectivity index is 1.61. The lowest BCUT2D eigenvalue weighted by Crippen LogP contribution is -2.29. The monoisotopic (exact) mass is 284 g/mol. The van der Waals surface area contributed by atoms with Crippen molar-refractivity contribution in [3.05, 3.63) is 42.2 Å². The van der Waals surface area contributed by atoms with Crippen molar-refractivity contribution >= 4 is 11.9 Å². The molecule has 3 N–H and O–H groups in total. The third-order valence-corrected chi connectivity index (χ3v) is 3.84. The number of nitrogen functional groups attached to an aromatic ring is 1. The molecule has 1 aromatic heterocycles. The largest absolute Gasteiger partial charge is 0.368 e. The van der Waals surface area contributed by atoms with Gasteiger partial charge in [-0.05, 0) is 11.5 Å². The van der Waals surface area contributed by atoms with Gasteiger partial charge in [-0.1, -0.05) is 37.3 Å². The lowest BCUT2D eigenvalue weighted by molar-refractivity contribution is 0.319. The van der Waals surface area contributed by atoms with Gasteiger partial charge in [0.25, 0.3) is 0 Å². The third kappa shape index (κ3) is 3.46. The van der Waals surface area contributed by atoms with Gasteiger partial charge in [-0.15, -0.1) is 0 Å². The van der Waals surface area contributed by atoms with Crippen molar-refractivity contribution in [2.24, 2.45) is 5.92 Å². The lowest BCUT2D eigenvalue weighted by Gasteiger charge is -2.17. The number of anilines is 2. The van der Waals surface area contributed by atoms with Gasteiger partial charge < -0.3 is 11.1 Å². The Morgan fingerprint density at radius 1 is 1.24 bits per heavy atom. The minimum Gasteiger partial charge on any atom is -0.368 e. The molecule has 0 spiro atoms. The zero-order valence-electron chi connectivity index (χ0n) is 12.1. The van der Waals surface area contributed by atoms with Crippen LogP contribution in [-0.4, -0.2) is 39.0 Å². The molecule has 0 bridgehead atoms. The van der Waals surface area contributed by atoms with E-state index < -0.39 is 0 Å². The summed E-state index contributed by atoms with van der Waals surface area (Å²) in [5.41, 5.74) is 6.93. The fourth-order valence-corrected chi connectivity index (χ4v) is 2.77. The molecule has 2 aromatic rings. The normalized spacial score (nSPS) is 22.3. The van der Waals surface area contributed by atoms with E-state index >= 15 is 0 Å². The molecule has 1 aliphatic heterocycles. The number of rotatable bonds is 4. The Kier molecular flexibility index (Phi) is 3.96. The summed E-state index contributed by atoms with van der Waals surface area (Å²) in [6.07, 6.45) is 1.44.